The van der Waals surface area contributed by atoms with Crippen LogP contribution in [0.1, 0.15) is 0 Å². The molecule has 0 aromatic heterocycles. The maximum absolute atomic E-state index is 8.40. The van der Waals surface area contributed by atoms with Gasteiger partial charge in [-0.1, -0.05) is 0 Å². The normalized spacial score (nSPS) is 1.33. The molecular weight excluding hydrogens is 140 g/mol. The summed E-state index contributed by atoms with van der Waals surface area (Å²) in [5, 5.41) is 0. The van der Waals surface area contributed by atoms with Gasteiger partial charge < -0.3 is 11.0 Å². The molecule has 32 valence electrons. The van der Waals surface area contributed by atoms with E-state index in [1.807, 2.05) is 0 Å². The molecule has 0 spiro atoms. The van der Waals surface area contributed by atoms with E-state index in [1.165, 1.54) is 0 Å². The Balaban J connectivity index is -0.00000000667. The molecule has 0 rings (SSSR count). The monoisotopic (exact) mass is 140 g/mol. The van der Waals surface area contributed by atoms with Gasteiger partial charge in [-0.3, -0.25) is 8.92 Å². The van der Waals surface area contributed by atoms with E-state index in [4.69, 9.17) is 8.92 Å². The van der Waals surface area contributed by atoms with Crippen LogP contribution in [-0.2, 0) is 41.6 Å². The van der Waals surface area contributed by atoms with E-state index < -0.39 is 9.29 Å². The fourth-order valence-corrected chi connectivity index (χ4v) is 0. The Morgan fingerprint density at radius 1 is 1.00 bits per heavy atom. The minimum Gasteiger partial charge on any atom is -2.00 e. The maximum Gasteiger partial charge on any atom is 4.00 e. The molecule has 0 fully saturated rings. The van der Waals surface area contributed by atoms with E-state index >= 15 is 0 Å². The second-order valence-electron chi connectivity index (χ2n) is 0.0833. The summed E-state index contributed by atoms with van der Waals surface area (Å²) in [6, 6.07) is 0. The molecule has 0 saturated carbocycles. The molecule has 0 radical (unpaired) electrons. The third-order valence-electron chi connectivity index (χ3n) is 0. The Kier molecular flexibility index (Phi) is 273. The molecule has 0 aromatic rings. The SMILES string of the molecule is O=[Si]=O.[O-2].[O-2].[Ti+4]. The fraction of sp³-hybridized carbons (Fsp3) is 0. The maximum atomic E-state index is 8.40. The van der Waals surface area contributed by atoms with Gasteiger partial charge in [0.2, 0.25) is 0 Å². The van der Waals surface area contributed by atoms with Gasteiger partial charge in [0, 0.05) is 0 Å². The van der Waals surface area contributed by atoms with Gasteiger partial charge in [0.15, 0.2) is 0 Å². The summed E-state index contributed by atoms with van der Waals surface area (Å²) in [7, 11) is -1.42. The van der Waals surface area contributed by atoms with Crippen LogP contribution >= 0.6 is 0 Å². The third kappa shape index (κ3) is 260. The average Bonchev–Trinajstić information content (AvgIpc) is 0.918. The van der Waals surface area contributed by atoms with Crippen molar-refractivity contribution in [3.05, 3.63) is 0 Å². The molecule has 4 nitrogen and oxygen atoms in total. The van der Waals surface area contributed by atoms with Crippen LogP contribution in [0.4, 0.5) is 0 Å². The molecule has 0 N–H and O–H groups in total. The van der Waals surface area contributed by atoms with Crippen LogP contribution in [0.15, 0.2) is 0 Å². The minimum atomic E-state index is -1.42. The van der Waals surface area contributed by atoms with Gasteiger partial charge >= 0.3 is 31.0 Å². The van der Waals surface area contributed by atoms with Gasteiger partial charge in [-0.25, -0.2) is 0 Å². The van der Waals surface area contributed by atoms with Crippen molar-refractivity contribution in [1.29, 1.82) is 0 Å². The van der Waals surface area contributed by atoms with Crippen LogP contribution in [0.25, 0.3) is 0 Å². The first kappa shape index (κ1) is 31.9. The first-order chi connectivity index (χ1) is 1.41. The van der Waals surface area contributed by atoms with E-state index in [9.17, 15) is 0 Å². The Bertz CT molecular complexity index is 28.5. The van der Waals surface area contributed by atoms with Crippen molar-refractivity contribution >= 4 is 9.29 Å². The van der Waals surface area contributed by atoms with Gasteiger partial charge in [0.25, 0.3) is 0 Å². The fourth-order valence-electron chi connectivity index (χ4n) is 0. The van der Waals surface area contributed by atoms with Crippen molar-refractivity contribution in [1.82, 2.24) is 0 Å². The van der Waals surface area contributed by atoms with Crippen molar-refractivity contribution < 1.29 is 41.6 Å². The van der Waals surface area contributed by atoms with Crippen LogP contribution in [-0.4, -0.2) is 9.29 Å². The number of hydrogen-bond donors (Lipinski definition) is 0. The molecule has 6 heavy (non-hydrogen) atoms. The number of hydrogen-bond acceptors (Lipinski definition) is 2. The molecule has 0 amide bonds. The molecule has 0 heterocycles. The van der Waals surface area contributed by atoms with Gasteiger partial charge in [-0.2, -0.15) is 0 Å². The van der Waals surface area contributed by atoms with Crippen molar-refractivity contribution in [2.75, 3.05) is 0 Å². The second kappa shape index (κ2) is 51.3. The van der Waals surface area contributed by atoms with E-state index in [2.05, 4.69) is 0 Å². The summed E-state index contributed by atoms with van der Waals surface area (Å²) in [6.45, 7) is 0. The molecule has 6 heteroatoms. The quantitative estimate of drug-likeness (QED) is 0.409. The molecule has 0 bridgehead atoms. The third-order valence-corrected chi connectivity index (χ3v) is 0. The Labute approximate surface area is 51.4 Å². The zero-order chi connectivity index (χ0) is 2.71. The topological polar surface area (TPSA) is 91.1 Å². The van der Waals surface area contributed by atoms with Crippen LogP contribution in [0.5, 0.6) is 0 Å². The summed E-state index contributed by atoms with van der Waals surface area (Å²) in [4.78, 5) is 0. The molecule has 0 aliphatic carbocycles. The number of rotatable bonds is 0. The van der Waals surface area contributed by atoms with Crippen LogP contribution < -0.4 is 0 Å². The van der Waals surface area contributed by atoms with Crippen molar-refractivity contribution in [3.63, 3.8) is 0 Å². The van der Waals surface area contributed by atoms with Crippen LogP contribution in [0.3, 0.4) is 0 Å². The van der Waals surface area contributed by atoms with E-state index in [-0.39, 0.29) is 32.7 Å². The minimum absolute atomic E-state index is 0. The van der Waals surface area contributed by atoms with Crippen LogP contribution in [0.2, 0.25) is 0 Å². The first-order valence-corrected chi connectivity index (χ1v) is 1.22. The van der Waals surface area contributed by atoms with Gasteiger partial charge in [-0.15, -0.1) is 0 Å². The summed E-state index contributed by atoms with van der Waals surface area (Å²) in [5.74, 6) is 0. The summed E-state index contributed by atoms with van der Waals surface area (Å²) < 4.78 is 16.8. The van der Waals surface area contributed by atoms with Gasteiger partial charge in [0.05, 0.1) is 0 Å². The zero-order valence-electron chi connectivity index (χ0n) is 2.63. The van der Waals surface area contributed by atoms with Gasteiger partial charge in [0.1, 0.15) is 0 Å². The zero-order valence-corrected chi connectivity index (χ0v) is 5.19. The predicted octanol–water partition coefficient (Wildman–Crippen LogP) is -0.859. The molecule has 0 saturated heterocycles. The summed E-state index contributed by atoms with van der Waals surface area (Å²) >= 11 is 0. The largest absolute Gasteiger partial charge is 4.00 e. The molecular formula is O4SiTi. The van der Waals surface area contributed by atoms with Crippen molar-refractivity contribution in [2.24, 2.45) is 0 Å². The van der Waals surface area contributed by atoms with E-state index in [1.54, 1.807) is 0 Å². The second-order valence-corrected chi connectivity index (χ2v) is 0.250. The summed E-state index contributed by atoms with van der Waals surface area (Å²) in [6.07, 6.45) is 0. The summed E-state index contributed by atoms with van der Waals surface area (Å²) in [5.41, 5.74) is 0. The van der Waals surface area contributed by atoms with Gasteiger partial charge in [-0.05, 0) is 0 Å². The molecule has 0 aliphatic heterocycles. The van der Waals surface area contributed by atoms with Crippen molar-refractivity contribution in [2.45, 2.75) is 0 Å². The molecule has 0 atom stereocenters. The Morgan fingerprint density at radius 3 is 1.00 bits per heavy atom. The van der Waals surface area contributed by atoms with Crippen molar-refractivity contribution in [3.8, 4) is 0 Å². The standard InChI is InChI=1S/O2Si.2O.Ti/c1-3-2;;;/q;2*-2;+4. The molecule has 0 aliphatic rings. The smallest absolute Gasteiger partial charge is 2.00 e. The average molecular weight is 140 g/mol. The molecule has 0 aromatic carbocycles. The van der Waals surface area contributed by atoms with E-state index in [0.29, 0.717) is 0 Å². The predicted molar refractivity (Wildman–Crippen MR) is 8.50 cm³/mol. The first-order valence-electron chi connectivity index (χ1n) is 0.408. The molecule has 0 unspecified atom stereocenters. The van der Waals surface area contributed by atoms with Crippen LogP contribution in [0, 0.1) is 0 Å². The Hall–Kier alpha value is 0.451. The Morgan fingerprint density at radius 2 is 1.00 bits per heavy atom. The van der Waals surface area contributed by atoms with E-state index in [0.717, 1.165) is 0 Å².